The SMILES string of the molecule is COc1cc(F)ccc1-c1c(-c2ccc(S(N)(=O)=O)cc2)n[nH]c1C(F)(F)F. The van der Waals surface area contributed by atoms with Crippen molar-refractivity contribution < 1.29 is 30.7 Å². The molecular weight excluding hydrogens is 402 g/mol. The summed E-state index contributed by atoms with van der Waals surface area (Å²) in [5.74, 6) is -0.800. The Kier molecular flexibility index (Phi) is 4.90. The molecule has 148 valence electrons. The van der Waals surface area contributed by atoms with Crippen molar-refractivity contribution in [3.05, 3.63) is 54.0 Å². The number of alkyl halides is 3. The molecule has 1 heterocycles. The number of nitrogens with one attached hydrogen (secondary N) is 1. The smallest absolute Gasteiger partial charge is 0.433 e. The highest BCUT2D eigenvalue weighted by Gasteiger charge is 2.38. The molecule has 3 aromatic rings. The molecule has 11 heteroatoms. The molecule has 2 aromatic carbocycles. The maximum atomic E-state index is 13.5. The molecule has 0 aliphatic rings. The summed E-state index contributed by atoms with van der Waals surface area (Å²) in [5.41, 5.74) is -1.45. The quantitative estimate of drug-likeness (QED) is 0.637. The summed E-state index contributed by atoms with van der Waals surface area (Å²) in [7, 11) is -2.77. The fraction of sp³-hybridized carbons (Fsp3) is 0.118. The van der Waals surface area contributed by atoms with Gasteiger partial charge in [-0.25, -0.2) is 17.9 Å². The minimum atomic E-state index is -4.78. The van der Waals surface area contributed by atoms with E-state index in [4.69, 9.17) is 9.88 Å². The third-order valence-corrected chi connectivity index (χ3v) is 4.87. The number of halogens is 4. The molecule has 28 heavy (non-hydrogen) atoms. The average molecular weight is 415 g/mol. The number of H-pyrrole nitrogens is 1. The molecule has 6 nitrogen and oxygen atoms in total. The predicted octanol–water partition coefficient (Wildman–Crippen LogP) is 3.56. The van der Waals surface area contributed by atoms with E-state index in [0.717, 1.165) is 30.3 Å². The van der Waals surface area contributed by atoms with Crippen molar-refractivity contribution in [3.63, 3.8) is 0 Å². The minimum Gasteiger partial charge on any atom is -0.496 e. The predicted molar refractivity (Wildman–Crippen MR) is 92.3 cm³/mol. The molecule has 0 atom stereocenters. The van der Waals surface area contributed by atoms with Crippen LogP contribution in [0.3, 0.4) is 0 Å². The number of rotatable bonds is 4. The third kappa shape index (κ3) is 3.71. The molecule has 0 unspecified atom stereocenters. The Morgan fingerprint density at radius 2 is 1.75 bits per heavy atom. The maximum absolute atomic E-state index is 13.5. The van der Waals surface area contributed by atoms with E-state index in [9.17, 15) is 26.0 Å². The summed E-state index contributed by atoms with van der Waals surface area (Å²) in [4.78, 5) is -0.205. The van der Waals surface area contributed by atoms with Crippen molar-refractivity contribution in [2.24, 2.45) is 5.14 Å². The van der Waals surface area contributed by atoms with Crippen LogP contribution in [0.25, 0.3) is 22.4 Å². The zero-order valence-electron chi connectivity index (χ0n) is 14.2. The van der Waals surface area contributed by atoms with Crippen molar-refractivity contribution in [1.82, 2.24) is 10.2 Å². The number of sulfonamides is 1. The first-order valence-corrected chi connectivity index (χ1v) is 9.19. The third-order valence-electron chi connectivity index (χ3n) is 3.94. The number of aromatic amines is 1. The Bertz CT molecular complexity index is 1120. The number of hydrogen-bond donors (Lipinski definition) is 2. The van der Waals surface area contributed by atoms with Gasteiger partial charge in [-0.3, -0.25) is 5.10 Å². The number of nitrogens with zero attached hydrogens (tertiary/aromatic N) is 1. The number of nitrogens with two attached hydrogens (primary N) is 1. The van der Waals surface area contributed by atoms with Crippen LogP contribution in [0.2, 0.25) is 0 Å². The molecule has 0 radical (unpaired) electrons. The van der Waals surface area contributed by atoms with Crippen LogP contribution in [0.5, 0.6) is 5.75 Å². The summed E-state index contributed by atoms with van der Waals surface area (Å²) in [6.07, 6.45) is -4.78. The van der Waals surface area contributed by atoms with Crippen LogP contribution < -0.4 is 9.88 Å². The van der Waals surface area contributed by atoms with Crippen molar-refractivity contribution in [2.45, 2.75) is 11.1 Å². The normalized spacial score (nSPS) is 12.2. The molecule has 1 aromatic heterocycles. The monoisotopic (exact) mass is 415 g/mol. The van der Waals surface area contributed by atoms with Gasteiger partial charge >= 0.3 is 6.18 Å². The fourth-order valence-electron chi connectivity index (χ4n) is 2.69. The molecule has 0 aliphatic heterocycles. The van der Waals surface area contributed by atoms with Crippen molar-refractivity contribution in [1.29, 1.82) is 0 Å². The molecule has 0 spiro atoms. The van der Waals surface area contributed by atoms with Crippen LogP contribution in [0, 0.1) is 5.82 Å². The second-order valence-electron chi connectivity index (χ2n) is 5.73. The van der Waals surface area contributed by atoms with E-state index < -0.39 is 27.7 Å². The van der Waals surface area contributed by atoms with Gasteiger partial charge in [0.25, 0.3) is 0 Å². The van der Waals surface area contributed by atoms with Crippen LogP contribution in [0.15, 0.2) is 47.4 Å². The second kappa shape index (κ2) is 6.91. The van der Waals surface area contributed by atoms with E-state index in [1.54, 1.807) is 0 Å². The van der Waals surface area contributed by atoms with Gasteiger partial charge in [-0.1, -0.05) is 12.1 Å². The van der Waals surface area contributed by atoms with Gasteiger partial charge < -0.3 is 4.74 Å². The lowest BCUT2D eigenvalue weighted by Gasteiger charge is -2.13. The van der Waals surface area contributed by atoms with Crippen LogP contribution in [0.1, 0.15) is 5.69 Å². The van der Waals surface area contributed by atoms with Crippen LogP contribution in [0.4, 0.5) is 17.6 Å². The highest BCUT2D eigenvalue weighted by molar-refractivity contribution is 7.89. The van der Waals surface area contributed by atoms with E-state index in [-0.39, 0.29) is 33.0 Å². The lowest BCUT2D eigenvalue weighted by Crippen LogP contribution is -2.11. The van der Waals surface area contributed by atoms with Gasteiger partial charge in [-0.15, -0.1) is 0 Å². The maximum Gasteiger partial charge on any atom is 0.433 e. The van der Waals surface area contributed by atoms with E-state index in [1.165, 1.54) is 19.2 Å². The topological polar surface area (TPSA) is 98.1 Å². The first-order chi connectivity index (χ1) is 13.0. The zero-order chi connectivity index (χ0) is 20.7. The summed E-state index contributed by atoms with van der Waals surface area (Å²) >= 11 is 0. The summed E-state index contributed by atoms with van der Waals surface area (Å²) in [6, 6.07) is 7.95. The van der Waals surface area contributed by atoms with Crippen molar-refractivity contribution >= 4 is 10.0 Å². The fourth-order valence-corrected chi connectivity index (χ4v) is 3.21. The zero-order valence-corrected chi connectivity index (χ0v) is 15.0. The van der Waals surface area contributed by atoms with Gasteiger partial charge in [-0.05, 0) is 24.3 Å². The molecule has 0 bridgehead atoms. The summed E-state index contributed by atoms with van der Waals surface area (Å²) < 4.78 is 81.8. The Labute approximate surface area is 157 Å². The Balaban J connectivity index is 2.26. The Morgan fingerprint density at radius 1 is 1.11 bits per heavy atom. The number of benzene rings is 2. The number of aromatic nitrogens is 2. The average Bonchev–Trinajstić information content (AvgIpc) is 3.06. The lowest BCUT2D eigenvalue weighted by atomic mass is 9.97. The summed E-state index contributed by atoms with van der Waals surface area (Å²) in [5, 5.41) is 10.7. The van der Waals surface area contributed by atoms with E-state index in [1.807, 2.05) is 5.10 Å². The molecular formula is C17H13F4N3O3S. The number of primary sulfonamides is 1. The summed E-state index contributed by atoms with van der Waals surface area (Å²) in [6.45, 7) is 0. The van der Waals surface area contributed by atoms with Gasteiger partial charge in [0.1, 0.15) is 23.0 Å². The van der Waals surface area contributed by atoms with Crippen LogP contribution >= 0.6 is 0 Å². The van der Waals surface area contributed by atoms with E-state index in [2.05, 4.69) is 5.10 Å². The Hall–Kier alpha value is -2.92. The molecule has 3 N–H and O–H groups in total. The minimum absolute atomic E-state index is 0.0319. The standard InChI is InChI=1S/C17H13F4N3O3S/c1-27-13-8-10(18)4-7-12(13)14-15(23-24-16(14)17(19,20)21)9-2-5-11(6-3-9)28(22,25)26/h2-8H,1H3,(H,23,24)(H2,22,25,26). The highest BCUT2D eigenvalue weighted by atomic mass is 32.2. The second-order valence-corrected chi connectivity index (χ2v) is 7.30. The van der Waals surface area contributed by atoms with Gasteiger partial charge in [0, 0.05) is 22.8 Å². The van der Waals surface area contributed by atoms with Crippen molar-refractivity contribution in [2.75, 3.05) is 7.11 Å². The molecule has 0 saturated carbocycles. The van der Waals surface area contributed by atoms with Crippen molar-refractivity contribution in [3.8, 4) is 28.1 Å². The number of ether oxygens (including phenoxy) is 1. The molecule has 0 amide bonds. The van der Waals surface area contributed by atoms with E-state index in [0.29, 0.717) is 0 Å². The van der Waals surface area contributed by atoms with Crippen LogP contribution in [-0.4, -0.2) is 25.7 Å². The first-order valence-electron chi connectivity index (χ1n) is 7.65. The van der Waals surface area contributed by atoms with Gasteiger partial charge in [0.05, 0.1) is 12.0 Å². The number of hydrogen-bond acceptors (Lipinski definition) is 4. The molecule has 0 fully saturated rings. The first kappa shape index (κ1) is 19.8. The van der Waals surface area contributed by atoms with Gasteiger partial charge in [0.15, 0.2) is 0 Å². The highest BCUT2D eigenvalue weighted by Crippen LogP contribution is 2.44. The van der Waals surface area contributed by atoms with Gasteiger partial charge in [-0.2, -0.15) is 18.3 Å². The largest absolute Gasteiger partial charge is 0.496 e. The Morgan fingerprint density at radius 3 is 2.29 bits per heavy atom. The molecule has 0 aliphatic carbocycles. The lowest BCUT2D eigenvalue weighted by molar-refractivity contribution is -0.140. The number of methoxy groups -OCH3 is 1. The van der Waals surface area contributed by atoms with Gasteiger partial charge in [0.2, 0.25) is 10.0 Å². The molecule has 3 rings (SSSR count). The molecule has 0 saturated heterocycles. The van der Waals surface area contributed by atoms with E-state index >= 15 is 0 Å². The van der Waals surface area contributed by atoms with Crippen LogP contribution in [-0.2, 0) is 16.2 Å².